The summed E-state index contributed by atoms with van der Waals surface area (Å²) in [5, 5.41) is -1.00. The molecule has 18 heavy (non-hydrogen) atoms. The van der Waals surface area contributed by atoms with Gasteiger partial charge in [-0.25, -0.2) is 8.78 Å². The van der Waals surface area contributed by atoms with E-state index in [0.29, 0.717) is 12.3 Å². The minimum Gasteiger partial charge on any atom is -0.309 e. The molecule has 1 aliphatic heterocycles. The number of thiol groups is 1. The predicted octanol–water partition coefficient (Wildman–Crippen LogP) is 3.55. The minimum absolute atomic E-state index is 0.0443. The summed E-state index contributed by atoms with van der Waals surface area (Å²) in [5.74, 6) is -1.66. The van der Waals surface area contributed by atoms with Crippen LogP contribution in [0.25, 0.3) is 0 Å². The summed E-state index contributed by atoms with van der Waals surface area (Å²) >= 11 is 15.2. The van der Waals surface area contributed by atoms with Crippen molar-refractivity contribution in [2.75, 3.05) is 17.2 Å². The van der Waals surface area contributed by atoms with Gasteiger partial charge in [0.05, 0.1) is 10.7 Å². The highest BCUT2D eigenvalue weighted by Gasteiger charge is 2.32. The highest BCUT2D eigenvalue weighted by molar-refractivity contribution is 7.80. The van der Waals surface area contributed by atoms with E-state index in [1.165, 1.54) is 4.90 Å². The van der Waals surface area contributed by atoms with Crippen LogP contribution in [-0.4, -0.2) is 18.2 Å². The van der Waals surface area contributed by atoms with E-state index in [0.717, 1.165) is 6.07 Å². The lowest BCUT2D eigenvalue weighted by Gasteiger charge is -2.18. The monoisotopic (exact) mass is 311 g/mol. The Labute approximate surface area is 118 Å². The number of hydrogen-bond donors (Lipinski definition) is 1. The Morgan fingerprint density at radius 3 is 2.61 bits per heavy atom. The van der Waals surface area contributed by atoms with Crippen molar-refractivity contribution < 1.29 is 13.6 Å². The summed E-state index contributed by atoms with van der Waals surface area (Å²) in [6.07, 6.45) is 0.287. The first-order chi connectivity index (χ1) is 8.45. The number of amides is 1. The zero-order valence-corrected chi connectivity index (χ0v) is 11.5. The minimum atomic E-state index is -1.02. The van der Waals surface area contributed by atoms with Crippen molar-refractivity contribution in [1.29, 1.82) is 0 Å². The molecule has 1 aromatic rings. The SMILES string of the molecule is O=C1CC(CS)CN1c1cc(Cl)c(F)c(Cl)c1F. The van der Waals surface area contributed by atoms with Crippen LogP contribution >= 0.6 is 35.8 Å². The van der Waals surface area contributed by atoms with Gasteiger partial charge < -0.3 is 4.90 Å². The molecule has 0 aromatic heterocycles. The predicted molar refractivity (Wildman–Crippen MR) is 70.7 cm³/mol. The number of rotatable bonds is 2. The Morgan fingerprint density at radius 1 is 1.39 bits per heavy atom. The van der Waals surface area contributed by atoms with Gasteiger partial charge in [-0.05, 0) is 17.7 Å². The Morgan fingerprint density at radius 2 is 2.06 bits per heavy atom. The third kappa shape index (κ3) is 2.31. The molecule has 2 rings (SSSR count). The molecule has 1 aromatic carbocycles. The highest BCUT2D eigenvalue weighted by atomic mass is 35.5. The fourth-order valence-electron chi connectivity index (χ4n) is 1.89. The summed E-state index contributed by atoms with van der Waals surface area (Å²) in [4.78, 5) is 13.0. The maximum absolute atomic E-state index is 13.9. The number of nitrogens with zero attached hydrogens (tertiary/aromatic N) is 1. The smallest absolute Gasteiger partial charge is 0.227 e. The van der Waals surface area contributed by atoms with Crippen LogP contribution in [0.1, 0.15) is 6.42 Å². The Bertz CT molecular complexity index is 512. The molecule has 0 bridgehead atoms. The lowest BCUT2D eigenvalue weighted by molar-refractivity contribution is -0.117. The van der Waals surface area contributed by atoms with Crippen LogP contribution in [0.3, 0.4) is 0 Å². The van der Waals surface area contributed by atoms with Gasteiger partial charge in [-0.3, -0.25) is 4.79 Å². The number of halogens is 4. The average molecular weight is 312 g/mol. The van der Waals surface area contributed by atoms with E-state index in [2.05, 4.69) is 12.6 Å². The zero-order valence-electron chi connectivity index (χ0n) is 9.09. The Hall–Kier alpha value is -0.520. The molecule has 1 heterocycles. The van der Waals surface area contributed by atoms with Crippen LogP contribution in [0.15, 0.2) is 6.07 Å². The summed E-state index contributed by atoms with van der Waals surface area (Å²) < 4.78 is 27.1. The van der Waals surface area contributed by atoms with Crippen LogP contribution in [0.2, 0.25) is 10.0 Å². The molecule has 1 fully saturated rings. The molecule has 0 saturated carbocycles. The summed E-state index contributed by atoms with van der Waals surface area (Å²) in [5.41, 5.74) is -0.0827. The van der Waals surface area contributed by atoms with Gasteiger partial charge in [-0.1, -0.05) is 23.2 Å². The van der Waals surface area contributed by atoms with Crippen molar-refractivity contribution in [1.82, 2.24) is 0 Å². The molecule has 0 radical (unpaired) electrons. The van der Waals surface area contributed by atoms with Crippen molar-refractivity contribution >= 4 is 47.4 Å². The van der Waals surface area contributed by atoms with Crippen molar-refractivity contribution in [2.45, 2.75) is 6.42 Å². The van der Waals surface area contributed by atoms with Gasteiger partial charge in [0.1, 0.15) is 5.02 Å². The topological polar surface area (TPSA) is 20.3 Å². The van der Waals surface area contributed by atoms with Gasteiger partial charge in [-0.15, -0.1) is 0 Å². The van der Waals surface area contributed by atoms with E-state index in [9.17, 15) is 13.6 Å². The van der Waals surface area contributed by atoms with Gasteiger partial charge in [0.15, 0.2) is 11.6 Å². The molecule has 1 unspecified atom stereocenters. The lowest BCUT2D eigenvalue weighted by atomic mass is 10.1. The van der Waals surface area contributed by atoms with Crippen LogP contribution < -0.4 is 4.90 Å². The Balaban J connectivity index is 2.43. The first-order valence-corrected chi connectivity index (χ1v) is 6.58. The first kappa shape index (κ1) is 13.9. The summed E-state index contributed by atoms with van der Waals surface area (Å²) in [7, 11) is 0. The average Bonchev–Trinajstić information content (AvgIpc) is 2.72. The molecule has 0 N–H and O–H groups in total. The van der Waals surface area contributed by atoms with Crippen molar-refractivity contribution in [2.24, 2.45) is 5.92 Å². The third-order valence-electron chi connectivity index (χ3n) is 2.84. The van der Waals surface area contributed by atoms with Crippen LogP contribution in [-0.2, 0) is 4.79 Å². The molecule has 0 aliphatic carbocycles. The van der Waals surface area contributed by atoms with E-state index >= 15 is 0 Å². The highest BCUT2D eigenvalue weighted by Crippen LogP contribution is 2.36. The quantitative estimate of drug-likeness (QED) is 0.503. The fourth-order valence-corrected chi connectivity index (χ4v) is 2.58. The zero-order chi connectivity index (χ0) is 13.4. The lowest BCUT2D eigenvalue weighted by Crippen LogP contribution is -2.26. The van der Waals surface area contributed by atoms with Crippen molar-refractivity contribution in [3.8, 4) is 0 Å². The van der Waals surface area contributed by atoms with E-state index < -0.39 is 16.7 Å². The number of hydrogen-bond acceptors (Lipinski definition) is 2. The van der Waals surface area contributed by atoms with E-state index in [-0.39, 0.29) is 29.0 Å². The molecule has 2 nitrogen and oxygen atoms in total. The largest absolute Gasteiger partial charge is 0.309 e. The molecule has 1 aliphatic rings. The molecule has 0 spiro atoms. The molecular weight excluding hydrogens is 303 g/mol. The molecule has 1 atom stereocenters. The third-order valence-corrected chi connectivity index (χ3v) is 3.96. The summed E-state index contributed by atoms with van der Waals surface area (Å²) in [6, 6.07) is 1.08. The van der Waals surface area contributed by atoms with Crippen LogP contribution in [0, 0.1) is 17.6 Å². The first-order valence-electron chi connectivity index (χ1n) is 5.20. The van der Waals surface area contributed by atoms with E-state index in [1.54, 1.807) is 0 Å². The van der Waals surface area contributed by atoms with Gasteiger partial charge in [-0.2, -0.15) is 12.6 Å². The van der Waals surface area contributed by atoms with E-state index in [4.69, 9.17) is 23.2 Å². The molecular formula is C11H9Cl2F2NOS. The summed E-state index contributed by atoms with van der Waals surface area (Å²) in [6.45, 7) is 0.331. The van der Waals surface area contributed by atoms with Gasteiger partial charge in [0, 0.05) is 13.0 Å². The normalized spacial score (nSPS) is 19.7. The van der Waals surface area contributed by atoms with Gasteiger partial charge >= 0.3 is 0 Å². The van der Waals surface area contributed by atoms with Crippen LogP contribution in [0.4, 0.5) is 14.5 Å². The van der Waals surface area contributed by atoms with Crippen LogP contribution in [0.5, 0.6) is 0 Å². The fraction of sp³-hybridized carbons (Fsp3) is 0.364. The van der Waals surface area contributed by atoms with Gasteiger partial charge in [0.25, 0.3) is 0 Å². The molecule has 7 heteroatoms. The number of benzene rings is 1. The second-order valence-corrected chi connectivity index (χ2v) is 5.23. The molecule has 1 saturated heterocycles. The second-order valence-electron chi connectivity index (χ2n) is 4.08. The second kappa shape index (κ2) is 5.23. The van der Waals surface area contributed by atoms with Gasteiger partial charge in [0.2, 0.25) is 5.91 Å². The number of anilines is 1. The van der Waals surface area contributed by atoms with E-state index in [1.807, 2.05) is 0 Å². The number of carbonyl (C=O) groups is 1. The molecule has 1 amide bonds. The Kier molecular flexibility index (Phi) is 4.04. The molecule has 98 valence electrons. The van der Waals surface area contributed by atoms with Crippen molar-refractivity contribution in [3.63, 3.8) is 0 Å². The standard InChI is InChI=1S/C11H9Cl2F2NOS/c12-6-2-7(11(15)9(13)10(6)14)16-3-5(4-18)1-8(16)17/h2,5,18H,1,3-4H2. The maximum atomic E-state index is 13.9. The maximum Gasteiger partial charge on any atom is 0.227 e. The van der Waals surface area contributed by atoms with Crippen molar-refractivity contribution in [3.05, 3.63) is 27.7 Å². The number of carbonyl (C=O) groups excluding carboxylic acids is 1.